The molecule has 0 aromatic rings. The normalized spacial score (nSPS) is 22.9. The van der Waals surface area contributed by atoms with Crippen LogP contribution in [0, 0.1) is 0 Å². The van der Waals surface area contributed by atoms with Crippen LogP contribution in [0.25, 0.3) is 0 Å². The van der Waals surface area contributed by atoms with Gasteiger partial charge < -0.3 is 10.1 Å². The Labute approximate surface area is 91.0 Å². The number of amides is 1. The van der Waals surface area contributed by atoms with Gasteiger partial charge in [0.05, 0.1) is 12.1 Å². The van der Waals surface area contributed by atoms with Crippen molar-refractivity contribution in [2.45, 2.75) is 38.1 Å². The summed E-state index contributed by atoms with van der Waals surface area (Å²) in [6, 6.07) is 0. The Hall–Kier alpha value is -0.770. The largest absolute Gasteiger partial charge is 0.449 e. The van der Waals surface area contributed by atoms with Crippen molar-refractivity contribution in [3.05, 3.63) is 0 Å². The van der Waals surface area contributed by atoms with Crippen LogP contribution in [0.3, 0.4) is 0 Å². The van der Waals surface area contributed by atoms with Gasteiger partial charge in [0.25, 0.3) is 0 Å². The predicted molar refractivity (Wildman–Crippen MR) is 57.8 cm³/mol. The van der Waals surface area contributed by atoms with Crippen molar-refractivity contribution in [2.75, 3.05) is 26.2 Å². The summed E-state index contributed by atoms with van der Waals surface area (Å²) in [5.74, 6) is 0. The summed E-state index contributed by atoms with van der Waals surface area (Å²) in [5, 5.41) is 3.25. The van der Waals surface area contributed by atoms with E-state index in [1.54, 1.807) is 0 Å². The molecule has 2 heterocycles. The molecule has 1 amide bonds. The second-order valence-corrected chi connectivity index (χ2v) is 4.55. The van der Waals surface area contributed by atoms with E-state index in [4.69, 9.17) is 4.74 Å². The number of rotatable bonds is 3. The Kier molecular flexibility index (Phi) is 3.14. The van der Waals surface area contributed by atoms with Crippen molar-refractivity contribution >= 4 is 6.09 Å². The molecule has 1 N–H and O–H groups in total. The Bertz CT molecular complexity index is 239. The highest BCUT2D eigenvalue weighted by Gasteiger charge is 2.48. The summed E-state index contributed by atoms with van der Waals surface area (Å²) < 4.78 is 5.26. The van der Waals surface area contributed by atoms with Crippen molar-refractivity contribution in [3.8, 4) is 0 Å². The van der Waals surface area contributed by atoms with E-state index in [9.17, 15) is 4.79 Å². The molecule has 2 rings (SSSR count). The molecule has 0 aromatic heterocycles. The third-order valence-corrected chi connectivity index (χ3v) is 3.45. The van der Waals surface area contributed by atoms with E-state index in [1.807, 2.05) is 4.90 Å². The second-order valence-electron chi connectivity index (χ2n) is 4.55. The first-order chi connectivity index (χ1) is 7.28. The zero-order valence-corrected chi connectivity index (χ0v) is 9.42. The lowest BCUT2D eigenvalue weighted by atomic mass is 9.90. The predicted octanol–water partition coefficient (Wildman–Crippen LogP) is 1.36. The quantitative estimate of drug-likeness (QED) is 0.718. The van der Waals surface area contributed by atoms with Gasteiger partial charge in [0.2, 0.25) is 0 Å². The van der Waals surface area contributed by atoms with Gasteiger partial charge in [-0.05, 0) is 19.3 Å². The Morgan fingerprint density at radius 1 is 1.53 bits per heavy atom. The van der Waals surface area contributed by atoms with Crippen LogP contribution in [0.1, 0.15) is 32.6 Å². The van der Waals surface area contributed by atoms with Gasteiger partial charge in [-0.1, -0.05) is 13.3 Å². The van der Waals surface area contributed by atoms with Crippen LogP contribution in [0.4, 0.5) is 4.79 Å². The van der Waals surface area contributed by atoms with E-state index in [-0.39, 0.29) is 11.6 Å². The summed E-state index contributed by atoms with van der Waals surface area (Å²) >= 11 is 0. The van der Waals surface area contributed by atoms with Gasteiger partial charge in [-0.2, -0.15) is 0 Å². The van der Waals surface area contributed by atoms with Crippen LogP contribution in [-0.2, 0) is 4.74 Å². The lowest BCUT2D eigenvalue weighted by Crippen LogP contribution is -2.67. The van der Waals surface area contributed by atoms with Gasteiger partial charge in [-0.3, -0.25) is 4.90 Å². The Morgan fingerprint density at radius 3 is 2.93 bits per heavy atom. The molecule has 0 atom stereocenters. The molecule has 0 aromatic carbocycles. The van der Waals surface area contributed by atoms with E-state index >= 15 is 0 Å². The van der Waals surface area contributed by atoms with Crippen molar-refractivity contribution in [1.82, 2.24) is 10.2 Å². The van der Waals surface area contributed by atoms with Crippen LogP contribution >= 0.6 is 0 Å². The molecule has 2 saturated heterocycles. The van der Waals surface area contributed by atoms with E-state index < -0.39 is 0 Å². The van der Waals surface area contributed by atoms with E-state index in [0.29, 0.717) is 6.61 Å². The maximum atomic E-state index is 11.8. The number of ether oxygens (including phenoxy) is 1. The molecule has 1 spiro atoms. The van der Waals surface area contributed by atoms with Gasteiger partial charge in [0.1, 0.15) is 0 Å². The van der Waals surface area contributed by atoms with Crippen LogP contribution in [-0.4, -0.2) is 42.8 Å². The van der Waals surface area contributed by atoms with Crippen molar-refractivity contribution < 1.29 is 9.53 Å². The average molecular weight is 212 g/mol. The van der Waals surface area contributed by atoms with Crippen LogP contribution in [0.2, 0.25) is 0 Å². The molecule has 4 heteroatoms. The third-order valence-electron chi connectivity index (χ3n) is 3.45. The minimum atomic E-state index is -0.109. The molecule has 15 heavy (non-hydrogen) atoms. The molecule has 0 aliphatic carbocycles. The van der Waals surface area contributed by atoms with Crippen molar-refractivity contribution in [1.29, 1.82) is 0 Å². The first-order valence-electron chi connectivity index (χ1n) is 5.94. The number of hydrogen-bond donors (Lipinski definition) is 1. The number of unbranched alkanes of at least 4 members (excludes halogenated alkanes) is 1. The first-order valence-corrected chi connectivity index (χ1v) is 5.94. The van der Waals surface area contributed by atoms with Crippen LogP contribution < -0.4 is 5.32 Å². The summed E-state index contributed by atoms with van der Waals surface area (Å²) in [5.41, 5.74) is 0.100. The molecule has 0 bridgehead atoms. The molecule has 0 saturated carbocycles. The van der Waals surface area contributed by atoms with Gasteiger partial charge >= 0.3 is 6.09 Å². The monoisotopic (exact) mass is 212 g/mol. The second kappa shape index (κ2) is 4.39. The van der Waals surface area contributed by atoms with Gasteiger partial charge in [0.15, 0.2) is 0 Å². The average Bonchev–Trinajstić information content (AvgIpc) is 2.61. The minimum Gasteiger partial charge on any atom is -0.449 e. The molecule has 2 aliphatic rings. The lowest BCUT2D eigenvalue weighted by molar-refractivity contribution is 0.0462. The number of carbonyl (C=O) groups excluding carboxylic acids is 1. The van der Waals surface area contributed by atoms with E-state index in [2.05, 4.69) is 12.2 Å². The number of hydrogen-bond acceptors (Lipinski definition) is 3. The number of likely N-dealkylation sites (tertiary alicyclic amines) is 1. The summed E-state index contributed by atoms with van der Waals surface area (Å²) in [7, 11) is 0. The number of carbonyl (C=O) groups is 1. The molecule has 0 radical (unpaired) electrons. The van der Waals surface area contributed by atoms with Crippen molar-refractivity contribution in [3.63, 3.8) is 0 Å². The maximum absolute atomic E-state index is 11.8. The Balaban J connectivity index is 1.84. The lowest BCUT2D eigenvalue weighted by Gasteiger charge is -2.45. The summed E-state index contributed by atoms with van der Waals surface area (Å²) in [4.78, 5) is 13.7. The molecule has 86 valence electrons. The fourth-order valence-corrected chi connectivity index (χ4v) is 2.39. The zero-order valence-electron chi connectivity index (χ0n) is 9.42. The maximum Gasteiger partial charge on any atom is 0.410 e. The molecule has 2 aliphatic heterocycles. The van der Waals surface area contributed by atoms with Gasteiger partial charge in [-0.15, -0.1) is 0 Å². The molecule has 2 fully saturated rings. The minimum absolute atomic E-state index is 0.100. The fourth-order valence-electron chi connectivity index (χ4n) is 2.39. The van der Waals surface area contributed by atoms with Crippen LogP contribution in [0.15, 0.2) is 0 Å². The molecule has 0 unspecified atom stereocenters. The number of nitrogens with zero attached hydrogens (tertiary/aromatic N) is 1. The molecule has 4 nitrogen and oxygen atoms in total. The number of nitrogens with one attached hydrogen (secondary N) is 1. The highest BCUT2D eigenvalue weighted by atomic mass is 16.6. The SMILES string of the molecule is CCCCOC(=O)N1CCCC12CNC2. The summed E-state index contributed by atoms with van der Waals surface area (Å²) in [6.45, 7) is 5.41. The highest BCUT2D eigenvalue weighted by Crippen LogP contribution is 2.33. The van der Waals surface area contributed by atoms with Crippen LogP contribution in [0.5, 0.6) is 0 Å². The van der Waals surface area contributed by atoms with Crippen molar-refractivity contribution in [2.24, 2.45) is 0 Å². The molecular weight excluding hydrogens is 192 g/mol. The third kappa shape index (κ3) is 1.95. The smallest absolute Gasteiger partial charge is 0.410 e. The van der Waals surface area contributed by atoms with Gasteiger partial charge in [-0.25, -0.2) is 4.79 Å². The standard InChI is InChI=1S/C11H20N2O2/c1-2-3-7-15-10(14)13-6-4-5-11(13)8-12-9-11/h12H,2-9H2,1H3. The highest BCUT2D eigenvalue weighted by molar-refractivity contribution is 5.69. The van der Waals surface area contributed by atoms with E-state index in [1.165, 1.54) is 0 Å². The Morgan fingerprint density at radius 2 is 2.33 bits per heavy atom. The topological polar surface area (TPSA) is 41.6 Å². The summed E-state index contributed by atoms with van der Waals surface area (Å²) in [6.07, 6.45) is 4.17. The zero-order chi connectivity index (χ0) is 10.7. The fraction of sp³-hybridized carbons (Fsp3) is 0.909. The molecular formula is C11H20N2O2. The van der Waals surface area contributed by atoms with E-state index in [0.717, 1.165) is 45.3 Å². The van der Waals surface area contributed by atoms with Gasteiger partial charge in [0, 0.05) is 19.6 Å². The first kappa shape index (κ1) is 10.7.